The van der Waals surface area contributed by atoms with Crippen LogP contribution in [0.4, 0.5) is 0 Å². The van der Waals surface area contributed by atoms with Gasteiger partial charge < -0.3 is 58.5 Å². The lowest BCUT2D eigenvalue weighted by molar-refractivity contribution is -0.139. The Morgan fingerprint density at radius 2 is 1.17 bits per heavy atom. The molecule has 0 bridgehead atoms. The lowest BCUT2D eigenvalue weighted by Crippen LogP contribution is -2.34. The lowest BCUT2D eigenvalue weighted by atomic mass is 9.81. The maximum absolute atomic E-state index is 13.4. The first-order valence-electron chi connectivity index (χ1n) is 19.7. The molecule has 0 saturated heterocycles. The maximum Gasteiger partial charge on any atom is 0.328 e. The van der Waals surface area contributed by atoms with Gasteiger partial charge in [-0.1, -0.05) is 37.5 Å². The fourth-order valence-electron chi connectivity index (χ4n) is 5.87. The second-order valence-corrected chi connectivity index (χ2v) is 13.9. The van der Waals surface area contributed by atoms with Gasteiger partial charge in [0.05, 0.1) is 20.1 Å². The molecule has 0 aliphatic heterocycles. The van der Waals surface area contributed by atoms with Crippen molar-refractivity contribution < 1.29 is 48.0 Å². The van der Waals surface area contributed by atoms with Gasteiger partial charge in [-0.05, 0) is 131 Å². The zero-order valence-corrected chi connectivity index (χ0v) is 33.7. The number of hydrogen-bond donors (Lipinski definition) is 7. The molecule has 0 aromatic heterocycles. The van der Waals surface area contributed by atoms with Gasteiger partial charge in [0.1, 0.15) is 18.1 Å². The van der Waals surface area contributed by atoms with Crippen LogP contribution in [0.2, 0.25) is 0 Å². The molecule has 2 aromatic rings. The van der Waals surface area contributed by atoms with Gasteiger partial charge in [-0.25, -0.2) is 9.59 Å². The van der Waals surface area contributed by atoms with E-state index in [0.717, 1.165) is 38.5 Å². The summed E-state index contributed by atoms with van der Waals surface area (Å²) in [5, 5.41) is 8.33. The minimum Gasteiger partial charge on any atom is -0.493 e. The molecule has 3 rings (SSSR count). The third kappa shape index (κ3) is 16.9. The smallest absolute Gasteiger partial charge is 0.328 e. The molecule has 2 aromatic carbocycles. The summed E-state index contributed by atoms with van der Waals surface area (Å²) >= 11 is 0. The van der Waals surface area contributed by atoms with Crippen LogP contribution in [0.5, 0.6) is 23.0 Å². The molecule has 320 valence electrons. The molecule has 13 N–H and O–H groups in total. The number of rotatable bonds is 23. The molecule has 1 saturated carbocycles. The zero-order valence-electron chi connectivity index (χ0n) is 33.7. The standard InChI is InChI=1S/C36H48N4O8.C6H14N2O2/c1-45-32-21-23(13-16-30(32)47-35(43)27(39)10-3-5-18-37)12-15-29(41)26-9-7-8-25(34(26)42)20-24-14-17-31(33(22-24)46-2)48-36(44)28(40)11-4-6-19-38;7-4-2-1-3-5(8)6(9)10/h12-17,20-22,26-28H,3-11,18-19,37-40H2,1-2H3;5H,1-4,7-8H2,(H,9,10). The van der Waals surface area contributed by atoms with E-state index >= 15 is 0 Å². The van der Waals surface area contributed by atoms with Crippen molar-refractivity contribution in [3.8, 4) is 23.0 Å². The van der Waals surface area contributed by atoms with Crippen LogP contribution in [0.3, 0.4) is 0 Å². The predicted molar refractivity (Wildman–Crippen MR) is 222 cm³/mol. The summed E-state index contributed by atoms with van der Waals surface area (Å²) in [5.41, 5.74) is 35.1. The third-order valence-corrected chi connectivity index (χ3v) is 9.32. The Hall–Kier alpha value is -4.97. The Bertz CT molecular complexity index is 1720. The van der Waals surface area contributed by atoms with Crippen molar-refractivity contribution in [3.05, 3.63) is 59.2 Å². The summed E-state index contributed by atoms with van der Waals surface area (Å²) < 4.78 is 21.7. The van der Waals surface area contributed by atoms with E-state index in [2.05, 4.69) is 0 Å². The molecule has 58 heavy (non-hydrogen) atoms. The Kier molecular flexibility index (Phi) is 22.8. The van der Waals surface area contributed by atoms with Crippen LogP contribution >= 0.6 is 0 Å². The Morgan fingerprint density at radius 3 is 1.64 bits per heavy atom. The monoisotopic (exact) mass is 810 g/mol. The fraction of sp³-hybridized carbons (Fsp3) is 0.500. The molecule has 0 spiro atoms. The van der Waals surface area contributed by atoms with E-state index in [9.17, 15) is 24.0 Å². The number of carbonyl (C=O) groups excluding carboxylic acids is 4. The number of carboxylic acids is 1. The number of nitrogens with two attached hydrogens (primary N) is 6. The van der Waals surface area contributed by atoms with Gasteiger partial charge in [0.25, 0.3) is 0 Å². The van der Waals surface area contributed by atoms with Crippen molar-refractivity contribution in [2.45, 2.75) is 95.2 Å². The van der Waals surface area contributed by atoms with Crippen LogP contribution in [-0.4, -0.2) is 86.6 Å². The molecule has 1 aliphatic rings. The second-order valence-electron chi connectivity index (χ2n) is 13.9. The SMILES string of the molecule is COc1cc(C=CC(=O)C2CCCC(=Cc3ccc(OC(=O)C(N)CCCCN)c(OC)c3)C2=O)ccc1OC(=O)C(N)CCCCN.NCCCCC(N)C(=O)O. The van der Waals surface area contributed by atoms with Gasteiger partial charge in [0.15, 0.2) is 34.6 Å². The van der Waals surface area contributed by atoms with Crippen LogP contribution in [0.25, 0.3) is 12.2 Å². The molecule has 1 aliphatic carbocycles. The maximum atomic E-state index is 13.4. The number of methoxy groups -OCH3 is 2. The number of Topliss-reactive ketones (excluding diaryl/α,β-unsaturated/α-hetero) is 1. The molecule has 4 unspecified atom stereocenters. The molecule has 0 heterocycles. The average Bonchev–Trinajstić information content (AvgIpc) is 3.21. The largest absolute Gasteiger partial charge is 0.493 e. The van der Waals surface area contributed by atoms with Gasteiger partial charge in [-0.15, -0.1) is 0 Å². The fourth-order valence-corrected chi connectivity index (χ4v) is 5.87. The molecule has 16 heteroatoms. The van der Waals surface area contributed by atoms with Crippen molar-refractivity contribution in [2.24, 2.45) is 40.3 Å². The third-order valence-electron chi connectivity index (χ3n) is 9.32. The second kappa shape index (κ2) is 26.9. The van der Waals surface area contributed by atoms with Crippen molar-refractivity contribution in [2.75, 3.05) is 33.9 Å². The van der Waals surface area contributed by atoms with E-state index in [1.807, 2.05) is 0 Å². The molecular formula is C42H62N6O10. The molecule has 4 atom stereocenters. The zero-order chi connectivity index (χ0) is 43.0. The number of aliphatic carboxylic acids is 1. The molecule has 0 amide bonds. The number of carboxylic acid groups (broad SMARTS) is 1. The summed E-state index contributed by atoms with van der Waals surface area (Å²) in [6, 6.07) is 7.56. The quantitative estimate of drug-likeness (QED) is 0.0279. The number of allylic oxidation sites excluding steroid dienone is 2. The van der Waals surface area contributed by atoms with E-state index in [1.165, 1.54) is 20.3 Å². The minimum absolute atomic E-state index is 0.210. The van der Waals surface area contributed by atoms with Crippen molar-refractivity contribution in [1.29, 1.82) is 0 Å². The van der Waals surface area contributed by atoms with E-state index in [4.69, 9.17) is 58.5 Å². The summed E-state index contributed by atoms with van der Waals surface area (Å²) in [6.45, 7) is 1.66. The van der Waals surface area contributed by atoms with Crippen LogP contribution in [-0.2, 0) is 24.0 Å². The Balaban J connectivity index is 0.00000102. The lowest BCUT2D eigenvalue weighted by Gasteiger charge is -2.21. The van der Waals surface area contributed by atoms with Crippen LogP contribution in [0.1, 0.15) is 88.2 Å². The van der Waals surface area contributed by atoms with Crippen LogP contribution in [0.15, 0.2) is 48.0 Å². The summed E-state index contributed by atoms with van der Waals surface area (Å²) in [5.74, 6) is -2.40. The number of carbonyl (C=O) groups is 5. The van der Waals surface area contributed by atoms with Crippen LogP contribution < -0.4 is 53.3 Å². The number of ketones is 2. The Labute approximate surface area is 340 Å². The highest BCUT2D eigenvalue weighted by atomic mass is 16.6. The predicted octanol–water partition coefficient (Wildman–Crippen LogP) is 2.99. The van der Waals surface area contributed by atoms with E-state index < -0.39 is 42.0 Å². The van der Waals surface area contributed by atoms with E-state index in [-0.39, 0.29) is 23.1 Å². The van der Waals surface area contributed by atoms with Gasteiger partial charge in [-0.3, -0.25) is 14.4 Å². The number of unbranched alkanes of at least 4 members (excludes halogenated alkanes) is 3. The summed E-state index contributed by atoms with van der Waals surface area (Å²) in [4.78, 5) is 61.6. The van der Waals surface area contributed by atoms with Crippen LogP contribution in [0, 0.1) is 5.92 Å². The summed E-state index contributed by atoms with van der Waals surface area (Å²) in [7, 11) is 2.90. The van der Waals surface area contributed by atoms with Gasteiger partial charge in [-0.2, -0.15) is 0 Å². The van der Waals surface area contributed by atoms with E-state index in [0.29, 0.717) is 86.4 Å². The van der Waals surface area contributed by atoms with Gasteiger partial charge in [0, 0.05) is 0 Å². The van der Waals surface area contributed by atoms with Gasteiger partial charge >= 0.3 is 17.9 Å². The number of esters is 2. The number of ether oxygens (including phenoxy) is 4. The number of hydrogen-bond acceptors (Lipinski definition) is 15. The highest BCUT2D eigenvalue weighted by Gasteiger charge is 2.31. The molecule has 0 radical (unpaired) electrons. The summed E-state index contributed by atoms with van der Waals surface area (Å²) in [6.07, 6.45) is 12.4. The van der Waals surface area contributed by atoms with Crippen molar-refractivity contribution in [1.82, 2.24) is 0 Å². The highest BCUT2D eigenvalue weighted by molar-refractivity contribution is 6.16. The van der Waals surface area contributed by atoms with Gasteiger partial charge in [0.2, 0.25) is 0 Å². The average molecular weight is 811 g/mol. The van der Waals surface area contributed by atoms with Crippen molar-refractivity contribution in [3.63, 3.8) is 0 Å². The molecular weight excluding hydrogens is 748 g/mol. The topological polar surface area (TPSA) is 299 Å². The molecule has 16 nitrogen and oxygen atoms in total. The minimum atomic E-state index is -0.933. The highest BCUT2D eigenvalue weighted by Crippen LogP contribution is 2.33. The van der Waals surface area contributed by atoms with Crippen molar-refractivity contribution >= 4 is 41.6 Å². The first-order chi connectivity index (χ1) is 27.8. The number of benzene rings is 2. The molecule has 1 fully saturated rings. The first-order valence-corrected chi connectivity index (χ1v) is 19.7. The Morgan fingerprint density at radius 1 is 0.707 bits per heavy atom. The first kappa shape index (κ1) is 49.2. The normalized spacial score (nSPS) is 16.2. The van der Waals surface area contributed by atoms with E-state index in [1.54, 1.807) is 48.6 Å².